The van der Waals surface area contributed by atoms with Crippen molar-refractivity contribution in [3.8, 4) is 6.07 Å². The minimum Gasteiger partial charge on any atom is -0.258 e. The average Bonchev–Trinajstić information content (AvgIpc) is 3.03. The van der Waals surface area contributed by atoms with Gasteiger partial charge in [-0.25, -0.2) is 0 Å². The first kappa shape index (κ1) is 14.0. The van der Waals surface area contributed by atoms with E-state index in [0.29, 0.717) is 0 Å². The number of para-hydroxylation sites is 1. The van der Waals surface area contributed by atoms with Crippen molar-refractivity contribution in [1.29, 1.82) is 10.7 Å². The first-order chi connectivity index (χ1) is 10.8. The highest BCUT2D eigenvalue weighted by atomic mass is 32.1. The van der Waals surface area contributed by atoms with Gasteiger partial charge in [-0.1, -0.05) is 24.3 Å². The van der Waals surface area contributed by atoms with Gasteiger partial charge in [-0.3, -0.25) is 10.4 Å². The lowest BCUT2D eigenvalue weighted by Crippen LogP contribution is -1.81. The Hall–Kier alpha value is -2.99. The number of aromatic nitrogens is 1. The molecule has 0 radical (unpaired) electrons. The van der Waals surface area contributed by atoms with Gasteiger partial charge in [-0.2, -0.15) is 5.26 Å². The molecule has 3 nitrogen and oxygen atoms in total. The summed E-state index contributed by atoms with van der Waals surface area (Å²) in [6.45, 7) is 0. The molecule has 3 rings (SSSR count). The molecule has 2 heterocycles. The number of hydrogen-bond acceptors (Lipinski definition) is 4. The Morgan fingerprint density at radius 1 is 1.14 bits per heavy atom. The van der Waals surface area contributed by atoms with E-state index in [4.69, 9.17) is 10.7 Å². The van der Waals surface area contributed by atoms with Gasteiger partial charge < -0.3 is 0 Å². The van der Waals surface area contributed by atoms with Crippen LogP contribution in [0.4, 0.5) is 0 Å². The molecule has 0 aliphatic carbocycles. The monoisotopic (exact) mass is 301 g/mol. The highest BCUT2D eigenvalue weighted by Crippen LogP contribution is 2.25. The van der Waals surface area contributed by atoms with Gasteiger partial charge in [0.15, 0.2) is 0 Å². The number of fused-ring (bicyclic) bond motifs is 1. The smallest absolute Gasteiger partial charge is 0.130 e. The van der Waals surface area contributed by atoms with E-state index in [9.17, 15) is 0 Å². The van der Waals surface area contributed by atoms with Crippen molar-refractivity contribution in [2.45, 2.75) is 0 Å². The van der Waals surface area contributed by atoms with Crippen LogP contribution in [0.3, 0.4) is 0 Å². The van der Waals surface area contributed by atoms with Crippen LogP contribution in [0.2, 0.25) is 0 Å². The minimum absolute atomic E-state index is 0.263. The second-order valence-corrected chi connectivity index (χ2v) is 5.68. The summed E-state index contributed by atoms with van der Waals surface area (Å²) in [7, 11) is 0. The van der Waals surface area contributed by atoms with Gasteiger partial charge >= 0.3 is 0 Å². The van der Waals surface area contributed by atoms with Crippen molar-refractivity contribution >= 4 is 45.8 Å². The highest BCUT2D eigenvalue weighted by molar-refractivity contribution is 7.14. The summed E-state index contributed by atoms with van der Waals surface area (Å²) in [5.74, 6) is 2.16. The van der Waals surface area contributed by atoms with E-state index in [2.05, 4.69) is 10.9 Å². The topological polar surface area (TPSA) is 60.5 Å². The van der Waals surface area contributed by atoms with E-state index >= 15 is 0 Å². The molecule has 0 unspecified atom stereocenters. The Morgan fingerprint density at radius 3 is 2.82 bits per heavy atom. The molecule has 0 aliphatic rings. The molecule has 0 spiro atoms. The Balaban J connectivity index is 1.94. The number of allylic oxidation sites excluding steroid dienone is 1. The van der Waals surface area contributed by atoms with E-state index in [1.165, 1.54) is 11.3 Å². The third kappa shape index (κ3) is 2.72. The van der Waals surface area contributed by atoms with Gasteiger partial charge in [-0.05, 0) is 41.8 Å². The number of nitrogens with zero attached hydrogens (tertiary/aromatic N) is 2. The summed E-state index contributed by atoms with van der Waals surface area (Å²) in [5.41, 5.74) is 2.33. The molecule has 3 aromatic rings. The zero-order valence-corrected chi connectivity index (χ0v) is 12.4. The molecule has 1 N–H and O–H groups in total. The molecule has 2 aromatic heterocycles. The van der Waals surface area contributed by atoms with E-state index in [1.807, 2.05) is 60.7 Å². The molecule has 0 saturated carbocycles. The van der Waals surface area contributed by atoms with E-state index in [0.717, 1.165) is 26.2 Å². The number of pyridine rings is 1. The molecule has 4 heteroatoms. The van der Waals surface area contributed by atoms with Gasteiger partial charge in [0.2, 0.25) is 0 Å². The molecule has 0 bridgehead atoms. The van der Waals surface area contributed by atoms with Gasteiger partial charge in [0, 0.05) is 16.5 Å². The van der Waals surface area contributed by atoms with Crippen LogP contribution in [0.5, 0.6) is 0 Å². The summed E-state index contributed by atoms with van der Waals surface area (Å²) >= 11 is 1.47. The van der Waals surface area contributed by atoms with Crippen molar-refractivity contribution in [3.63, 3.8) is 0 Å². The maximum absolute atomic E-state index is 8.93. The Morgan fingerprint density at radius 2 is 2.00 bits per heavy atom. The van der Waals surface area contributed by atoms with E-state index < -0.39 is 0 Å². The van der Waals surface area contributed by atoms with Crippen LogP contribution in [0.15, 0.2) is 48.7 Å². The van der Waals surface area contributed by atoms with Crippen molar-refractivity contribution < 1.29 is 0 Å². The van der Waals surface area contributed by atoms with Crippen molar-refractivity contribution in [2.24, 2.45) is 0 Å². The summed E-state index contributed by atoms with van der Waals surface area (Å²) in [4.78, 5) is 6.13. The summed E-state index contributed by atoms with van der Waals surface area (Å²) in [5, 5.41) is 17.1. The van der Waals surface area contributed by atoms with Crippen molar-refractivity contribution in [1.82, 2.24) is 4.98 Å². The van der Waals surface area contributed by atoms with E-state index in [-0.39, 0.29) is 5.57 Å². The van der Waals surface area contributed by atoms with Gasteiger partial charge in [0.05, 0.1) is 10.4 Å². The maximum Gasteiger partial charge on any atom is 0.130 e. The zero-order valence-electron chi connectivity index (χ0n) is 11.6. The second-order valence-electron chi connectivity index (χ2n) is 4.56. The Kier molecular flexibility index (Phi) is 3.93. The first-order valence-electron chi connectivity index (χ1n) is 6.63. The average molecular weight is 301 g/mol. The van der Waals surface area contributed by atoms with Gasteiger partial charge in [0.1, 0.15) is 11.6 Å². The predicted molar refractivity (Wildman–Crippen MR) is 91.7 cm³/mol. The molecule has 0 fully saturated rings. The second kappa shape index (κ2) is 6.19. The Labute approximate surface area is 132 Å². The SMILES string of the molecule is N#CC(=C=N)c1ccc(/C=C/c2ccnc3ccccc23)s1. The van der Waals surface area contributed by atoms with E-state index in [1.54, 1.807) is 6.20 Å². The van der Waals surface area contributed by atoms with Crippen LogP contribution in [0.25, 0.3) is 28.6 Å². The fourth-order valence-corrected chi connectivity index (χ4v) is 3.02. The molecule has 22 heavy (non-hydrogen) atoms. The number of nitriles is 1. The van der Waals surface area contributed by atoms with Crippen LogP contribution < -0.4 is 0 Å². The molecular weight excluding hydrogens is 290 g/mol. The third-order valence-electron chi connectivity index (χ3n) is 3.22. The Bertz CT molecular complexity index is 948. The molecule has 0 amide bonds. The van der Waals surface area contributed by atoms with Crippen LogP contribution in [0, 0.1) is 16.7 Å². The number of rotatable bonds is 3. The summed E-state index contributed by atoms with van der Waals surface area (Å²) < 4.78 is 0. The molecular formula is C18H11N3S. The van der Waals surface area contributed by atoms with Crippen molar-refractivity contribution in [3.05, 3.63) is 64.0 Å². The molecule has 0 aliphatic heterocycles. The standard InChI is InChI=1S/C18H11N3S/c19-11-14(12-20)18-8-7-15(22-18)6-5-13-9-10-21-17-4-2-1-3-16(13)17/h1-10,19H/b6-5+. The van der Waals surface area contributed by atoms with Gasteiger partial charge in [0.25, 0.3) is 0 Å². The molecule has 0 saturated heterocycles. The summed E-state index contributed by atoms with van der Waals surface area (Å²) in [6.07, 6.45) is 5.85. The largest absolute Gasteiger partial charge is 0.258 e. The normalized spacial score (nSPS) is 10.5. The number of nitrogens with one attached hydrogen (secondary N) is 1. The van der Waals surface area contributed by atoms with Crippen molar-refractivity contribution in [2.75, 3.05) is 0 Å². The highest BCUT2D eigenvalue weighted by Gasteiger charge is 2.03. The third-order valence-corrected chi connectivity index (χ3v) is 4.29. The summed E-state index contributed by atoms with van der Waals surface area (Å²) in [6, 6.07) is 15.7. The number of thiophene rings is 1. The quantitative estimate of drug-likeness (QED) is 0.566. The molecule has 104 valence electrons. The van der Waals surface area contributed by atoms with Crippen LogP contribution in [-0.2, 0) is 0 Å². The van der Waals surface area contributed by atoms with Crippen LogP contribution >= 0.6 is 11.3 Å². The fraction of sp³-hybridized carbons (Fsp3) is 0. The van der Waals surface area contributed by atoms with Crippen LogP contribution in [-0.4, -0.2) is 10.9 Å². The lowest BCUT2D eigenvalue weighted by molar-refractivity contribution is 1.41. The minimum atomic E-state index is 0.263. The zero-order chi connectivity index (χ0) is 15.4. The molecule has 0 atom stereocenters. The predicted octanol–water partition coefficient (Wildman–Crippen LogP) is 4.62. The maximum atomic E-state index is 8.93. The number of hydrogen-bond donors (Lipinski definition) is 1. The number of benzene rings is 1. The van der Waals surface area contributed by atoms with Crippen LogP contribution in [0.1, 0.15) is 15.3 Å². The first-order valence-corrected chi connectivity index (χ1v) is 7.45. The molecule has 1 aromatic carbocycles. The van der Waals surface area contributed by atoms with Gasteiger partial charge in [-0.15, -0.1) is 11.3 Å². The lowest BCUT2D eigenvalue weighted by atomic mass is 10.1. The lowest BCUT2D eigenvalue weighted by Gasteiger charge is -2.00. The fourth-order valence-electron chi connectivity index (χ4n) is 2.16.